The molecule has 1 aromatic heterocycles. The summed E-state index contributed by atoms with van der Waals surface area (Å²) >= 11 is 0. The van der Waals surface area contributed by atoms with Crippen molar-refractivity contribution < 1.29 is 0 Å². The molecule has 1 heterocycles. The summed E-state index contributed by atoms with van der Waals surface area (Å²) < 4.78 is 0. The van der Waals surface area contributed by atoms with Crippen LogP contribution in [0.3, 0.4) is 0 Å². The predicted molar refractivity (Wildman–Crippen MR) is 276 cm³/mol. The van der Waals surface area contributed by atoms with E-state index in [1.165, 1.54) is 89.0 Å². The second-order valence-electron chi connectivity index (χ2n) is 21.2. The van der Waals surface area contributed by atoms with Crippen LogP contribution in [-0.4, -0.2) is 15.0 Å². The van der Waals surface area contributed by atoms with Crippen LogP contribution in [0.25, 0.3) is 67.3 Å². The van der Waals surface area contributed by atoms with E-state index in [0.29, 0.717) is 17.6 Å². The summed E-state index contributed by atoms with van der Waals surface area (Å²) in [5, 5.41) is 0. The van der Waals surface area contributed by atoms with Gasteiger partial charge >= 0.3 is 0 Å². The Hall–Kier alpha value is -7.43. The molecule has 4 heteroatoms. The highest BCUT2D eigenvalue weighted by Crippen LogP contribution is 2.58. The molecule has 4 aliphatic rings. The summed E-state index contributed by atoms with van der Waals surface area (Å²) in [7, 11) is 0. The molecule has 8 aromatic carbocycles. The maximum Gasteiger partial charge on any atom is 0.238 e. The van der Waals surface area contributed by atoms with Crippen molar-refractivity contribution in [3.05, 3.63) is 214 Å². The van der Waals surface area contributed by atoms with E-state index in [4.69, 9.17) is 15.0 Å². The first-order valence-electron chi connectivity index (χ1n) is 23.8. The minimum Gasteiger partial charge on any atom is -0.278 e. The number of benzene rings is 8. The van der Waals surface area contributed by atoms with Crippen LogP contribution in [0.2, 0.25) is 0 Å². The first-order chi connectivity index (χ1) is 32.3. The van der Waals surface area contributed by atoms with Crippen LogP contribution in [0.15, 0.2) is 170 Å². The van der Waals surface area contributed by atoms with Gasteiger partial charge in [0.15, 0.2) is 11.6 Å². The average Bonchev–Trinajstić information content (AvgIpc) is 3.92. The van der Waals surface area contributed by atoms with E-state index in [0.717, 1.165) is 22.5 Å². The van der Waals surface area contributed by atoms with Gasteiger partial charge in [-0.2, -0.15) is 9.97 Å². The van der Waals surface area contributed by atoms with Crippen molar-refractivity contribution in [2.24, 2.45) is 0 Å². The Morgan fingerprint density at radius 1 is 0.313 bits per heavy atom. The molecule has 4 aliphatic carbocycles. The summed E-state index contributed by atoms with van der Waals surface area (Å²) in [5.74, 6) is 1.87. The summed E-state index contributed by atoms with van der Waals surface area (Å²) in [6.45, 7) is 18.8. The van der Waals surface area contributed by atoms with E-state index in [-0.39, 0.29) is 21.7 Å². The van der Waals surface area contributed by atoms with Crippen LogP contribution in [0, 0.1) is 0 Å². The van der Waals surface area contributed by atoms with Gasteiger partial charge in [0.1, 0.15) is 0 Å². The van der Waals surface area contributed by atoms with E-state index in [1.807, 2.05) is 0 Å². The molecule has 0 N–H and O–H groups in total. The SMILES string of the molecule is CC1(C)c2ccccc2-c2cc(-c3nc(-c4ccc5c(c4)C(C)(C)c4ccccc4-5)nc(N(c4cccc5c4-c4ccccc4C5(C)C)c4cccc5c4C(C)(C)c4ccccc4-5)n3)ccc21. The highest BCUT2D eigenvalue weighted by atomic mass is 15.3. The molecule has 9 aromatic rings. The van der Waals surface area contributed by atoms with Gasteiger partial charge in [-0.15, -0.1) is 0 Å². The smallest absolute Gasteiger partial charge is 0.238 e. The van der Waals surface area contributed by atoms with E-state index < -0.39 is 0 Å². The summed E-state index contributed by atoms with van der Waals surface area (Å²) in [5.41, 5.74) is 23.7. The zero-order valence-corrected chi connectivity index (χ0v) is 39.5. The minimum atomic E-state index is -0.310. The molecule has 0 bridgehead atoms. The maximum absolute atomic E-state index is 5.68. The molecule has 67 heavy (non-hydrogen) atoms. The monoisotopic (exact) mass is 864 g/mol. The van der Waals surface area contributed by atoms with E-state index in [9.17, 15) is 0 Å². The summed E-state index contributed by atoms with van der Waals surface area (Å²) in [6.07, 6.45) is 0. The van der Waals surface area contributed by atoms with Gasteiger partial charge < -0.3 is 0 Å². The lowest BCUT2D eigenvalue weighted by molar-refractivity contribution is 0.659. The topological polar surface area (TPSA) is 41.9 Å². The first-order valence-corrected chi connectivity index (χ1v) is 23.8. The van der Waals surface area contributed by atoms with Crippen LogP contribution in [0.5, 0.6) is 0 Å². The highest BCUT2D eigenvalue weighted by molar-refractivity contribution is 5.97. The van der Waals surface area contributed by atoms with Crippen molar-refractivity contribution in [3.8, 4) is 67.3 Å². The number of fused-ring (bicyclic) bond motifs is 12. The van der Waals surface area contributed by atoms with Gasteiger partial charge in [0.25, 0.3) is 0 Å². The van der Waals surface area contributed by atoms with Crippen molar-refractivity contribution in [2.45, 2.75) is 77.0 Å². The van der Waals surface area contributed by atoms with Crippen molar-refractivity contribution in [3.63, 3.8) is 0 Å². The fourth-order valence-electron chi connectivity index (χ4n) is 12.7. The van der Waals surface area contributed by atoms with Gasteiger partial charge in [-0.1, -0.05) is 201 Å². The quantitative estimate of drug-likeness (QED) is 0.173. The molecule has 0 atom stereocenters. The Kier molecular flexibility index (Phi) is 8.08. The Morgan fingerprint density at radius 2 is 0.746 bits per heavy atom. The molecule has 13 rings (SSSR count). The average molecular weight is 865 g/mol. The molecular formula is C63H52N4. The molecule has 4 nitrogen and oxygen atoms in total. The molecule has 0 fully saturated rings. The van der Waals surface area contributed by atoms with Gasteiger partial charge in [0.2, 0.25) is 5.95 Å². The van der Waals surface area contributed by atoms with Gasteiger partial charge in [0.05, 0.1) is 11.4 Å². The van der Waals surface area contributed by atoms with E-state index in [1.54, 1.807) is 0 Å². The Morgan fingerprint density at radius 3 is 1.42 bits per heavy atom. The molecule has 0 aliphatic heterocycles. The molecule has 0 amide bonds. The Bertz CT molecular complexity index is 3610. The fourth-order valence-corrected chi connectivity index (χ4v) is 12.7. The normalized spacial score (nSPS) is 16.2. The minimum absolute atomic E-state index is 0.124. The van der Waals surface area contributed by atoms with Crippen molar-refractivity contribution in [1.82, 2.24) is 15.0 Å². The number of aromatic nitrogens is 3. The lowest BCUT2D eigenvalue weighted by atomic mass is 9.81. The van der Waals surface area contributed by atoms with Crippen LogP contribution < -0.4 is 4.90 Å². The second kappa shape index (κ2) is 13.6. The van der Waals surface area contributed by atoms with Gasteiger partial charge in [-0.25, -0.2) is 4.98 Å². The third-order valence-electron chi connectivity index (χ3n) is 16.1. The predicted octanol–water partition coefficient (Wildman–Crippen LogP) is 15.9. The first kappa shape index (κ1) is 39.9. The number of nitrogens with zero attached hydrogens (tertiary/aromatic N) is 4. The van der Waals surface area contributed by atoms with Gasteiger partial charge in [0, 0.05) is 38.4 Å². The molecule has 0 saturated carbocycles. The van der Waals surface area contributed by atoms with Crippen LogP contribution >= 0.6 is 0 Å². The van der Waals surface area contributed by atoms with Crippen LogP contribution in [0.4, 0.5) is 17.3 Å². The van der Waals surface area contributed by atoms with Crippen molar-refractivity contribution in [1.29, 1.82) is 0 Å². The van der Waals surface area contributed by atoms with Crippen LogP contribution in [0.1, 0.15) is 99.9 Å². The van der Waals surface area contributed by atoms with Crippen LogP contribution in [-0.2, 0) is 21.7 Å². The lowest BCUT2D eigenvalue weighted by Crippen LogP contribution is -2.23. The van der Waals surface area contributed by atoms with Crippen molar-refractivity contribution in [2.75, 3.05) is 4.90 Å². The Labute approximate surface area is 394 Å². The van der Waals surface area contributed by atoms with Crippen molar-refractivity contribution >= 4 is 17.3 Å². The molecule has 0 radical (unpaired) electrons. The number of hydrogen-bond donors (Lipinski definition) is 0. The molecule has 0 unspecified atom stereocenters. The number of anilines is 3. The zero-order valence-electron chi connectivity index (χ0n) is 39.5. The highest BCUT2D eigenvalue weighted by Gasteiger charge is 2.43. The summed E-state index contributed by atoms with van der Waals surface area (Å²) in [4.78, 5) is 19.2. The fraction of sp³-hybridized carbons (Fsp3) is 0.190. The standard InChI is InChI=1S/C63H52N4/c1-60(2)47-25-14-11-21-41(47)45-35-37(32-34-50(45)60)57-64-58(38-31-33-42-39-19-9-13-24-46(39)62(5,6)52(42)36-38)66-59(65-57)67(53-29-18-28-51-55(53)44-22-12-16-27-49(44)61(51,3)4)54-30-17-23-43-40-20-10-15-26-48(40)63(7,8)56(43)54/h9-36H,1-8H3. The van der Waals surface area contributed by atoms with E-state index >= 15 is 0 Å². The summed E-state index contributed by atoms with van der Waals surface area (Å²) in [6, 6.07) is 62.8. The molecule has 0 spiro atoms. The lowest BCUT2D eigenvalue weighted by Gasteiger charge is -2.32. The van der Waals surface area contributed by atoms with E-state index in [2.05, 4.69) is 230 Å². The third kappa shape index (κ3) is 5.38. The van der Waals surface area contributed by atoms with Gasteiger partial charge in [-0.05, 0) is 108 Å². The largest absolute Gasteiger partial charge is 0.278 e. The number of hydrogen-bond acceptors (Lipinski definition) is 4. The Balaban J connectivity index is 1.11. The molecular weight excluding hydrogens is 813 g/mol. The third-order valence-corrected chi connectivity index (χ3v) is 16.1. The molecule has 324 valence electrons. The zero-order chi connectivity index (χ0) is 45.8. The number of rotatable bonds is 5. The maximum atomic E-state index is 5.68. The second-order valence-corrected chi connectivity index (χ2v) is 21.2. The van der Waals surface area contributed by atoms with Gasteiger partial charge in [-0.3, -0.25) is 4.90 Å². The molecule has 0 saturated heterocycles.